The van der Waals surface area contributed by atoms with E-state index >= 15 is 0 Å². The smallest absolute Gasteiger partial charge is 0.146 e. The quantitative estimate of drug-likeness (QED) is 0.472. The Morgan fingerprint density at radius 3 is 2.76 bits per heavy atom. The van der Waals surface area contributed by atoms with Gasteiger partial charge in [-0.3, -0.25) is 10.7 Å². The zero-order valence-corrected chi connectivity index (χ0v) is 9.04. The van der Waals surface area contributed by atoms with Crippen LogP contribution in [0.2, 0.25) is 0 Å². The highest BCUT2D eigenvalue weighted by Crippen LogP contribution is 2.18. The molecule has 0 amide bonds. The monoisotopic (exact) mass is 232 g/mol. The molecule has 1 heterocycles. The highest BCUT2D eigenvalue weighted by Gasteiger charge is 1.97. The first-order valence-electron chi connectivity index (χ1n) is 5.06. The standard InChI is InChI=1S/C12H12N2O3/c15-14-9-13-10-3-5-11(6-4-10)17-8-12-2-1-7-16-12/h1-7,9,15H,8H2,(H,13,14). The maximum atomic E-state index is 8.34. The molecule has 1 aromatic carbocycles. The van der Waals surface area contributed by atoms with Gasteiger partial charge in [-0.15, -0.1) is 0 Å². The number of hydroxylamine groups is 1. The minimum Gasteiger partial charge on any atom is -0.486 e. The number of furan rings is 1. The molecule has 0 saturated heterocycles. The Labute approximate surface area is 98.3 Å². The number of nitrogens with one attached hydrogen (secondary N) is 1. The maximum Gasteiger partial charge on any atom is 0.146 e. The van der Waals surface area contributed by atoms with E-state index in [1.54, 1.807) is 30.5 Å². The summed E-state index contributed by atoms with van der Waals surface area (Å²) in [6.07, 6.45) is 2.80. The molecule has 0 fully saturated rings. The van der Waals surface area contributed by atoms with Gasteiger partial charge >= 0.3 is 0 Å². The Hall–Kier alpha value is -2.27. The fourth-order valence-corrected chi connectivity index (χ4v) is 1.28. The minimum absolute atomic E-state index is 0.397. The van der Waals surface area contributed by atoms with Gasteiger partial charge in [0.25, 0.3) is 0 Å². The van der Waals surface area contributed by atoms with Gasteiger partial charge in [-0.1, -0.05) is 0 Å². The Kier molecular flexibility index (Phi) is 3.77. The number of hydrogen-bond donors (Lipinski definition) is 2. The number of aliphatic imine (C=N–C) groups is 1. The van der Waals surface area contributed by atoms with Crippen molar-refractivity contribution in [3.8, 4) is 5.75 Å². The second-order valence-corrected chi connectivity index (χ2v) is 3.25. The molecule has 1 aromatic heterocycles. The molecule has 0 radical (unpaired) electrons. The Morgan fingerprint density at radius 2 is 2.12 bits per heavy atom. The van der Waals surface area contributed by atoms with Crippen LogP contribution in [0.1, 0.15) is 5.76 Å². The highest BCUT2D eigenvalue weighted by atomic mass is 16.5. The fourth-order valence-electron chi connectivity index (χ4n) is 1.28. The third kappa shape index (κ3) is 3.35. The van der Waals surface area contributed by atoms with Crippen molar-refractivity contribution in [2.45, 2.75) is 6.61 Å². The van der Waals surface area contributed by atoms with Crippen LogP contribution in [0, 0.1) is 0 Å². The van der Waals surface area contributed by atoms with Crippen LogP contribution in [0.25, 0.3) is 0 Å². The summed E-state index contributed by atoms with van der Waals surface area (Å²) in [5.41, 5.74) is 2.56. The molecule has 2 rings (SSSR count). The van der Waals surface area contributed by atoms with E-state index in [2.05, 4.69) is 4.99 Å². The average molecular weight is 232 g/mol. The van der Waals surface area contributed by atoms with Crippen molar-refractivity contribution in [3.05, 3.63) is 48.4 Å². The molecular weight excluding hydrogens is 220 g/mol. The van der Waals surface area contributed by atoms with E-state index in [0.717, 1.165) is 17.2 Å². The summed E-state index contributed by atoms with van der Waals surface area (Å²) < 4.78 is 10.6. The molecule has 5 nitrogen and oxygen atoms in total. The Bertz CT molecular complexity index is 463. The summed E-state index contributed by atoms with van der Waals surface area (Å²) >= 11 is 0. The van der Waals surface area contributed by atoms with Crippen molar-refractivity contribution in [3.63, 3.8) is 0 Å². The van der Waals surface area contributed by atoms with Gasteiger partial charge in [0, 0.05) is 0 Å². The van der Waals surface area contributed by atoms with Crippen LogP contribution in [-0.4, -0.2) is 11.5 Å². The van der Waals surface area contributed by atoms with E-state index in [-0.39, 0.29) is 0 Å². The summed E-state index contributed by atoms with van der Waals surface area (Å²) in [5, 5.41) is 8.34. The molecule has 88 valence electrons. The fraction of sp³-hybridized carbons (Fsp3) is 0.0833. The van der Waals surface area contributed by atoms with Crippen LogP contribution >= 0.6 is 0 Å². The van der Waals surface area contributed by atoms with E-state index < -0.39 is 0 Å². The summed E-state index contributed by atoms with van der Waals surface area (Å²) in [7, 11) is 0. The molecule has 0 aliphatic carbocycles. The molecule has 17 heavy (non-hydrogen) atoms. The maximum absolute atomic E-state index is 8.34. The third-order valence-corrected chi connectivity index (χ3v) is 2.07. The van der Waals surface area contributed by atoms with Gasteiger partial charge in [0.15, 0.2) is 0 Å². The molecular formula is C12H12N2O3. The molecule has 0 atom stereocenters. The Balaban J connectivity index is 1.91. The Morgan fingerprint density at radius 1 is 1.29 bits per heavy atom. The zero-order valence-electron chi connectivity index (χ0n) is 9.04. The first-order chi connectivity index (χ1) is 8.38. The number of ether oxygens (including phenoxy) is 1. The lowest BCUT2D eigenvalue weighted by Crippen LogP contribution is -2.00. The summed E-state index contributed by atoms with van der Waals surface area (Å²) in [5.74, 6) is 1.51. The largest absolute Gasteiger partial charge is 0.486 e. The van der Waals surface area contributed by atoms with E-state index in [1.807, 2.05) is 17.6 Å². The van der Waals surface area contributed by atoms with Crippen molar-refractivity contribution < 1.29 is 14.4 Å². The number of benzene rings is 1. The van der Waals surface area contributed by atoms with Crippen LogP contribution in [0.4, 0.5) is 5.69 Å². The van der Waals surface area contributed by atoms with Crippen LogP contribution in [0.5, 0.6) is 5.75 Å². The minimum atomic E-state index is 0.397. The van der Waals surface area contributed by atoms with Gasteiger partial charge in [0.2, 0.25) is 0 Å². The van der Waals surface area contributed by atoms with Crippen LogP contribution in [-0.2, 0) is 6.61 Å². The van der Waals surface area contributed by atoms with Crippen molar-refractivity contribution in [2.24, 2.45) is 4.99 Å². The third-order valence-electron chi connectivity index (χ3n) is 2.07. The van der Waals surface area contributed by atoms with Crippen LogP contribution in [0.3, 0.4) is 0 Å². The molecule has 0 bridgehead atoms. The van der Waals surface area contributed by atoms with Gasteiger partial charge in [-0.05, 0) is 36.4 Å². The van der Waals surface area contributed by atoms with E-state index in [9.17, 15) is 0 Å². The summed E-state index contributed by atoms with van der Waals surface area (Å²) in [4.78, 5) is 3.92. The van der Waals surface area contributed by atoms with E-state index in [1.165, 1.54) is 6.34 Å². The SMILES string of the molecule is ONC=Nc1ccc(OCc2ccco2)cc1. The number of rotatable bonds is 5. The zero-order chi connectivity index (χ0) is 11.9. The molecule has 5 heteroatoms. The van der Waals surface area contributed by atoms with Gasteiger partial charge in [0.05, 0.1) is 12.0 Å². The predicted molar refractivity (Wildman–Crippen MR) is 62.6 cm³/mol. The lowest BCUT2D eigenvalue weighted by molar-refractivity contribution is 0.240. The second-order valence-electron chi connectivity index (χ2n) is 3.25. The lowest BCUT2D eigenvalue weighted by atomic mass is 10.3. The molecule has 0 spiro atoms. The summed E-state index contributed by atoms with van der Waals surface area (Å²) in [6.45, 7) is 0.397. The van der Waals surface area contributed by atoms with Crippen molar-refractivity contribution in [1.82, 2.24) is 5.48 Å². The number of nitrogens with zero attached hydrogens (tertiary/aromatic N) is 1. The van der Waals surface area contributed by atoms with Gasteiger partial charge in [0.1, 0.15) is 24.5 Å². The molecule has 0 aliphatic rings. The van der Waals surface area contributed by atoms with Crippen LogP contribution in [0.15, 0.2) is 52.1 Å². The molecule has 0 saturated carbocycles. The van der Waals surface area contributed by atoms with Gasteiger partial charge in [-0.25, -0.2) is 4.99 Å². The van der Waals surface area contributed by atoms with E-state index in [0.29, 0.717) is 6.61 Å². The predicted octanol–water partition coefficient (Wildman–Crippen LogP) is 2.50. The number of hydrogen-bond acceptors (Lipinski definition) is 4. The molecule has 2 aromatic rings. The van der Waals surface area contributed by atoms with Crippen molar-refractivity contribution in [2.75, 3.05) is 0 Å². The van der Waals surface area contributed by atoms with Gasteiger partial charge < -0.3 is 9.15 Å². The van der Waals surface area contributed by atoms with Crippen molar-refractivity contribution >= 4 is 12.0 Å². The topological polar surface area (TPSA) is 67.0 Å². The molecule has 0 aliphatic heterocycles. The summed E-state index contributed by atoms with van der Waals surface area (Å²) in [6, 6.07) is 10.8. The van der Waals surface area contributed by atoms with Crippen LogP contribution < -0.4 is 10.2 Å². The van der Waals surface area contributed by atoms with E-state index in [4.69, 9.17) is 14.4 Å². The first-order valence-corrected chi connectivity index (χ1v) is 5.06. The first kappa shape index (κ1) is 11.2. The second kappa shape index (κ2) is 5.72. The molecule has 2 N–H and O–H groups in total. The lowest BCUT2D eigenvalue weighted by Gasteiger charge is -2.03. The average Bonchev–Trinajstić information content (AvgIpc) is 2.88. The molecule has 0 unspecified atom stereocenters. The van der Waals surface area contributed by atoms with Crippen molar-refractivity contribution in [1.29, 1.82) is 0 Å². The van der Waals surface area contributed by atoms with Gasteiger partial charge in [-0.2, -0.15) is 0 Å². The highest BCUT2D eigenvalue weighted by molar-refractivity contribution is 5.59. The normalized spacial score (nSPS) is 10.6.